The number of ketones is 1. The Morgan fingerprint density at radius 3 is 2.38 bits per heavy atom. The molecule has 0 saturated heterocycles. The summed E-state index contributed by atoms with van der Waals surface area (Å²) in [5.74, 6) is -2.02. The number of ether oxygens (including phenoxy) is 1. The van der Waals surface area contributed by atoms with E-state index in [4.69, 9.17) is 4.74 Å². The van der Waals surface area contributed by atoms with Crippen LogP contribution in [0.3, 0.4) is 0 Å². The van der Waals surface area contributed by atoms with E-state index >= 15 is 0 Å². The van der Waals surface area contributed by atoms with Crippen molar-refractivity contribution in [3.05, 3.63) is 50.5 Å². The van der Waals surface area contributed by atoms with Gasteiger partial charge in [0.2, 0.25) is 0 Å². The van der Waals surface area contributed by atoms with E-state index in [1.54, 1.807) is 12.3 Å². The number of benzene rings is 1. The third-order valence-electron chi connectivity index (χ3n) is 3.56. The molecule has 1 aromatic heterocycles. The van der Waals surface area contributed by atoms with Gasteiger partial charge in [0, 0.05) is 11.1 Å². The number of thiazole rings is 1. The molecule has 0 N–H and O–H groups in total. The quantitative estimate of drug-likeness (QED) is 0.778. The number of hydrogen-bond acceptors (Lipinski definition) is 6. The van der Waals surface area contributed by atoms with Crippen LogP contribution in [0.1, 0.15) is 43.7 Å². The number of aromatic nitrogens is 1. The van der Waals surface area contributed by atoms with Gasteiger partial charge in [0.1, 0.15) is 5.01 Å². The molecule has 0 amide bonds. The second-order valence-electron chi connectivity index (χ2n) is 5.71. The highest BCUT2D eigenvalue weighted by atomic mass is 32.1. The van der Waals surface area contributed by atoms with E-state index < -0.39 is 24.3 Å². The van der Waals surface area contributed by atoms with Crippen molar-refractivity contribution in [2.45, 2.75) is 33.6 Å². The van der Waals surface area contributed by atoms with Gasteiger partial charge in [-0.05, 0) is 38.8 Å². The first-order valence-corrected chi connectivity index (χ1v) is 8.30. The Morgan fingerprint density at radius 2 is 1.88 bits per heavy atom. The zero-order valence-corrected chi connectivity index (χ0v) is 14.9. The van der Waals surface area contributed by atoms with Crippen molar-refractivity contribution < 1.29 is 14.3 Å². The Labute approximate surface area is 144 Å². The molecule has 0 spiro atoms. The lowest BCUT2D eigenvalue weighted by Gasteiger charge is -2.11. The summed E-state index contributed by atoms with van der Waals surface area (Å²) in [6.45, 7) is 6.96. The number of nitrogens with zero attached hydrogens (tertiary/aromatic N) is 2. The summed E-state index contributed by atoms with van der Waals surface area (Å²) >= 11 is 1.25. The van der Waals surface area contributed by atoms with Crippen LogP contribution in [-0.2, 0) is 9.53 Å². The number of rotatable bonds is 5. The number of Topliss-reactive ketones (excluding diaryl/α,β-unsaturated/α-hetero) is 1. The monoisotopic (exact) mass is 342 g/mol. The molecule has 1 heterocycles. The molecule has 6 heteroatoms. The third-order valence-corrected chi connectivity index (χ3v) is 4.59. The first-order chi connectivity index (χ1) is 11.3. The molecule has 0 aliphatic heterocycles. The maximum Gasteiger partial charge on any atom is 0.339 e. The van der Waals surface area contributed by atoms with E-state index in [0.717, 1.165) is 22.4 Å². The van der Waals surface area contributed by atoms with Crippen LogP contribution in [-0.4, -0.2) is 23.3 Å². The Morgan fingerprint density at radius 1 is 1.25 bits per heavy atom. The van der Waals surface area contributed by atoms with Crippen LogP contribution < -0.4 is 0 Å². The van der Waals surface area contributed by atoms with Crippen LogP contribution >= 0.6 is 11.3 Å². The minimum Gasteiger partial charge on any atom is -0.454 e. The van der Waals surface area contributed by atoms with Crippen molar-refractivity contribution in [2.24, 2.45) is 0 Å². The molecule has 1 aromatic carbocycles. The lowest BCUT2D eigenvalue weighted by atomic mass is 10.00. The maximum atomic E-state index is 12.3. The molecule has 2 rings (SSSR count). The SMILES string of the molecule is Cc1cc(C)c(C(=O)OCC(=O)[C@H](C#N)c2nc(C)cs2)c(C)c1. The van der Waals surface area contributed by atoms with Gasteiger partial charge in [-0.3, -0.25) is 4.79 Å². The lowest BCUT2D eigenvalue weighted by Crippen LogP contribution is -2.20. The molecular formula is C18H18N2O3S. The zero-order valence-electron chi connectivity index (χ0n) is 14.0. The standard InChI is InChI=1S/C18H18N2O3S/c1-10-5-11(2)16(12(3)6-10)18(22)23-8-15(21)14(7-19)17-20-13(4)9-24-17/h5-6,9,14H,8H2,1-4H3/t14-/m0/s1. The van der Waals surface area contributed by atoms with E-state index in [9.17, 15) is 14.9 Å². The highest BCUT2D eigenvalue weighted by molar-refractivity contribution is 7.09. The van der Waals surface area contributed by atoms with Gasteiger partial charge in [-0.15, -0.1) is 11.3 Å². The van der Waals surface area contributed by atoms with Gasteiger partial charge >= 0.3 is 5.97 Å². The van der Waals surface area contributed by atoms with E-state index in [2.05, 4.69) is 4.98 Å². The highest BCUT2D eigenvalue weighted by Crippen LogP contribution is 2.22. The fourth-order valence-electron chi connectivity index (χ4n) is 2.56. The molecule has 2 aromatic rings. The van der Waals surface area contributed by atoms with Crippen LogP contribution in [0.4, 0.5) is 0 Å². The second-order valence-corrected chi connectivity index (χ2v) is 6.60. The van der Waals surface area contributed by atoms with Crippen molar-refractivity contribution in [1.82, 2.24) is 4.98 Å². The number of carbonyl (C=O) groups is 2. The Hall–Kier alpha value is -2.52. The first kappa shape index (κ1) is 17.8. The van der Waals surface area contributed by atoms with Crippen LogP contribution in [0.15, 0.2) is 17.5 Å². The molecule has 0 bridgehead atoms. The summed E-state index contributed by atoms with van der Waals surface area (Å²) in [4.78, 5) is 28.7. The Bertz CT molecular complexity index is 810. The molecule has 0 fully saturated rings. The Balaban J connectivity index is 2.09. The molecular weight excluding hydrogens is 324 g/mol. The normalized spacial score (nSPS) is 11.6. The van der Waals surface area contributed by atoms with Gasteiger partial charge in [-0.2, -0.15) is 5.26 Å². The smallest absolute Gasteiger partial charge is 0.339 e. The summed E-state index contributed by atoms with van der Waals surface area (Å²) in [7, 11) is 0. The van der Waals surface area contributed by atoms with Gasteiger partial charge in [0.25, 0.3) is 0 Å². The molecule has 1 atom stereocenters. The summed E-state index contributed by atoms with van der Waals surface area (Å²) in [6, 6.07) is 5.71. The van der Waals surface area contributed by atoms with Crippen molar-refractivity contribution in [3.8, 4) is 6.07 Å². The molecule has 0 unspecified atom stereocenters. The second kappa shape index (κ2) is 7.37. The first-order valence-electron chi connectivity index (χ1n) is 7.42. The minimum absolute atomic E-state index is 0.429. The zero-order chi connectivity index (χ0) is 17.9. The molecule has 5 nitrogen and oxygen atoms in total. The van der Waals surface area contributed by atoms with Gasteiger partial charge in [-0.1, -0.05) is 17.7 Å². The van der Waals surface area contributed by atoms with Gasteiger partial charge in [-0.25, -0.2) is 9.78 Å². The fourth-order valence-corrected chi connectivity index (χ4v) is 3.42. The number of carbonyl (C=O) groups excluding carboxylic acids is 2. The number of aryl methyl sites for hydroxylation is 4. The largest absolute Gasteiger partial charge is 0.454 e. The molecule has 0 radical (unpaired) electrons. The average molecular weight is 342 g/mol. The molecule has 24 heavy (non-hydrogen) atoms. The van der Waals surface area contributed by atoms with Crippen molar-refractivity contribution in [3.63, 3.8) is 0 Å². The van der Waals surface area contributed by atoms with Crippen LogP contribution in [0.5, 0.6) is 0 Å². The number of hydrogen-bond donors (Lipinski definition) is 0. The number of esters is 1. The summed E-state index contributed by atoms with van der Waals surface area (Å²) in [6.07, 6.45) is 0. The third kappa shape index (κ3) is 3.87. The van der Waals surface area contributed by atoms with Crippen molar-refractivity contribution >= 4 is 23.1 Å². The van der Waals surface area contributed by atoms with Crippen LogP contribution in [0.2, 0.25) is 0 Å². The van der Waals surface area contributed by atoms with E-state index in [-0.39, 0.29) is 0 Å². The lowest BCUT2D eigenvalue weighted by molar-refractivity contribution is -0.122. The number of nitriles is 1. The molecule has 0 aliphatic rings. The van der Waals surface area contributed by atoms with Gasteiger partial charge in [0.15, 0.2) is 18.3 Å². The van der Waals surface area contributed by atoms with Crippen molar-refractivity contribution in [1.29, 1.82) is 5.26 Å². The predicted octanol–water partition coefficient (Wildman–Crippen LogP) is 3.41. The van der Waals surface area contributed by atoms with E-state index in [1.807, 2.05) is 39.0 Å². The Kier molecular flexibility index (Phi) is 5.47. The topological polar surface area (TPSA) is 80.0 Å². The summed E-state index contributed by atoms with van der Waals surface area (Å²) < 4.78 is 5.14. The van der Waals surface area contributed by atoms with Gasteiger partial charge in [0.05, 0.1) is 11.6 Å². The van der Waals surface area contributed by atoms with Crippen LogP contribution in [0, 0.1) is 39.0 Å². The van der Waals surface area contributed by atoms with Crippen LogP contribution in [0.25, 0.3) is 0 Å². The summed E-state index contributed by atoms with van der Waals surface area (Å²) in [5.41, 5.74) is 3.88. The molecule has 0 saturated carbocycles. The molecule has 0 aliphatic carbocycles. The maximum absolute atomic E-state index is 12.3. The highest BCUT2D eigenvalue weighted by Gasteiger charge is 2.25. The summed E-state index contributed by atoms with van der Waals surface area (Å²) in [5, 5.41) is 11.4. The van der Waals surface area contributed by atoms with Gasteiger partial charge < -0.3 is 4.74 Å². The van der Waals surface area contributed by atoms with E-state index in [0.29, 0.717) is 10.6 Å². The van der Waals surface area contributed by atoms with E-state index in [1.165, 1.54) is 11.3 Å². The minimum atomic E-state index is -1.00. The van der Waals surface area contributed by atoms with Crippen molar-refractivity contribution in [2.75, 3.05) is 6.61 Å². The molecule has 124 valence electrons. The fraction of sp³-hybridized carbons (Fsp3) is 0.333. The average Bonchev–Trinajstić information content (AvgIpc) is 2.91. The predicted molar refractivity (Wildman–Crippen MR) is 91.1 cm³/mol.